The van der Waals surface area contributed by atoms with Crippen molar-refractivity contribution in [2.45, 2.75) is 78.4 Å². The van der Waals surface area contributed by atoms with Gasteiger partial charge < -0.3 is 25.4 Å². The highest BCUT2D eigenvalue weighted by Crippen LogP contribution is 2.40. The van der Waals surface area contributed by atoms with E-state index in [0.717, 1.165) is 16.6 Å². The summed E-state index contributed by atoms with van der Waals surface area (Å²) in [7, 11) is 0. The van der Waals surface area contributed by atoms with Gasteiger partial charge in [0.15, 0.2) is 6.23 Å². The van der Waals surface area contributed by atoms with E-state index in [2.05, 4.69) is 43.2 Å². The molecular weight excluding hydrogens is 486 g/mol. The molecule has 3 rings (SSSR count). The van der Waals surface area contributed by atoms with E-state index in [9.17, 15) is 24.9 Å². The average Bonchev–Trinajstić information content (AvgIpc) is 3.11. The number of amides is 1. The van der Waals surface area contributed by atoms with Crippen LogP contribution in [0.4, 0.5) is 5.82 Å². The van der Waals surface area contributed by atoms with E-state index in [4.69, 9.17) is 4.74 Å². The molecular formula is C29H39N3O6. The first-order valence-corrected chi connectivity index (χ1v) is 12.9. The van der Waals surface area contributed by atoms with Crippen molar-refractivity contribution in [1.29, 1.82) is 0 Å². The highest BCUT2D eigenvalue weighted by atomic mass is 16.6. The second-order valence-electron chi connectivity index (χ2n) is 10.6. The highest BCUT2D eigenvalue weighted by molar-refractivity contribution is 5.99. The summed E-state index contributed by atoms with van der Waals surface area (Å²) in [6.07, 6.45) is 11.4. The zero-order valence-corrected chi connectivity index (χ0v) is 22.7. The molecule has 0 aromatic carbocycles. The molecule has 1 aromatic heterocycles. The summed E-state index contributed by atoms with van der Waals surface area (Å²) in [6.45, 7) is 10.1. The molecule has 206 valence electrons. The Balaban J connectivity index is 1.59. The van der Waals surface area contributed by atoms with Crippen LogP contribution in [0.3, 0.4) is 0 Å². The Labute approximate surface area is 223 Å². The molecule has 1 amide bonds. The van der Waals surface area contributed by atoms with E-state index in [1.807, 2.05) is 25.2 Å². The van der Waals surface area contributed by atoms with Crippen LogP contribution in [-0.2, 0) is 9.53 Å². The SMILES string of the molecule is CC1=C(/C=C/C(C)=C/C=C/C(C)=C/C(=O)Nc2ccn([C@@H]3O[C@H](CO)C(O)[C@@H]3O)c(=O)n2)C(C)(C)CCC1. The van der Waals surface area contributed by atoms with Gasteiger partial charge in [0.25, 0.3) is 0 Å². The van der Waals surface area contributed by atoms with Crippen molar-refractivity contribution >= 4 is 11.7 Å². The third-order valence-corrected chi connectivity index (χ3v) is 7.00. The van der Waals surface area contributed by atoms with Gasteiger partial charge in [0, 0.05) is 12.3 Å². The molecule has 1 aliphatic heterocycles. The normalized spacial score (nSPS) is 26.5. The molecule has 1 aromatic rings. The van der Waals surface area contributed by atoms with Crippen LogP contribution in [0.5, 0.6) is 0 Å². The Morgan fingerprint density at radius 1 is 1.24 bits per heavy atom. The van der Waals surface area contributed by atoms with Crippen LogP contribution in [-0.4, -0.2) is 55.7 Å². The second-order valence-corrected chi connectivity index (χ2v) is 10.6. The van der Waals surface area contributed by atoms with Crippen molar-refractivity contribution in [3.63, 3.8) is 0 Å². The van der Waals surface area contributed by atoms with Crippen molar-refractivity contribution < 1.29 is 24.9 Å². The van der Waals surface area contributed by atoms with E-state index in [0.29, 0.717) is 5.57 Å². The summed E-state index contributed by atoms with van der Waals surface area (Å²) in [4.78, 5) is 28.6. The first kappa shape index (κ1) is 29.4. The summed E-state index contributed by atoms with van der Waals surface area (Å²) in [6, 6.07) is 1.39. The van der Waals surface area contributed by atoms with Gasteiger partial charge in [-0.05, 0) is 62.7 Å². The lowest BCUT2D eigenvalue weighted by atomic mass is 9.72. The number of ether oxygens (including phenoxy) is 1. The average molecular weight is 526 g/mol. The molecule has 1 unspecified atom stereocenters. The number of aliphatic hydroxyl groups is 3. The molecule has 9 nitrogen and oxygen atoms in total. The molecule has 38 heavy (non-hydrogen) atoms. The van der Waals surface area contributed by atoms with Crippen molar-refractivity contribution in [3.8, 4) is 0 Å². The molecule has 0 spiro atoms. The molecule has 1 aliphatic carbocycles. The van der Waals surface area contributed by atoms with Crippen LogP contribution in [0.25, 0.3) is 0 Å². The standard InChI is InChI=1S/C29H39N3O6/c1-18(11-12-21-20(3)10-7-14-29(21,4)5)8-6-9-19(2)16-24(34)30-23-13-15-32(28(37)31-23)27-26(36)25(35)22(17-33)38-27/h6,8-9,11-13,15-16,22,25-27,33,35-36H,7,10,14,17H2,1-5H3,(H,30,31,34,37)/b9-6+,12-11+,18-8+,19-16+/t22-,25?,26+,27-/m1/s1. The molecule has 0 bridgehead atoms. The Bertz CT molecular complexity index is 1240. The van der Waals surface area contributed by atoms with Crippen LogP contribution < -0.4 is 11.0 Å². The molecule has 1 saturated heterocycles. The number of hydrogen-bond acceptors (Lipinski definition) is 7. The fourth-order valence-corrected chi connectivity index (χ4v) is 4.84. The molecule has 0 saturated carbocycles. The van der Waals surface area contributed by atoms with Gasteiger partial charge in [-0.1, -0.05) is 55.4 Å². The van der Waals surface area contributed by atoms with Gasteiger partial charge in [-0.25, -0.2) is 4.79 Å². The topological polar surface area (TPSA) is 134 Å². The van der Waals surface area contributed by atoms with Crippen molar-refractivity contribution in [3.05, 3.63) is 81.5 Å². The first-order valence-electron chi connectivity index (χ1n) is 12.9. The fourth-order valence-electron chi connectivity index (χ4n) is 4.84. The van der Waals surface area contributed by atoms with Gasteiger partial charge >= 0.3 is 5.69 Å². The number of carbonyl (C=O) groups is 1. The molecule has 4 N–H and O–H groups in total. The number of carbonyl (C=O) groups excluding carboxylic acids is 1. The van der Waals surface area contributed by atoms with Gasteiger partial charge in [-0.15, -0.1) is 0 Å². The zero-order valence-electron chi connectivity index (χ0n) is 22.7. The van der Waals surface area contributed by atoms with Gasteiger partial charge in [0.2, 0.25) is 5.91 Å². The smallest absolute Gasteiger partial charge is 0.351 e. The Morgan fingerprint density at radius 3 is 2.61 bits per heavy atom. The molecule has 2 heterocycles. The second kappa shape index (κ2) is 12.6. The number of anilines is 1. The summed E-state index contributed by atoms with van der Waals surface area (Å²) in [5, 5.41) is 31.8. The summed E-state index contributed by atoms with van der Waals surface area (Å²) < 4.78 is 6.35. The van der Waals surface area contributed by atoms with E-state index in [-0.39, 0.29) is 11.2 Å². The van der Waals surface area contributed by atoms with Gasteiger partial charge in [0.05, 0.1) is 6.61 Å². The number of hydrogen-bond donors (Lipinski definition) is 4. The molecule has 1 fully saturated rings. The summed E-state index contributed by atoms with van der Waals surface area (Å²) >= 11 is 0. The van der Waals surface area contributed by atoms with Crippen molar-refractivity contribution in [1.82, 2.24) is 9.55 Å². The van der Waals surface area contributed by atoms with E-state index in [1.165, 1.54) is 42.3 Å². The number of aromatic nitrogens is 2. The largest absolute Gasteiger partial charge is 0.394 e. The van der Waals surface area contributed by atoms with E-state index < -0.39 is 42.7 Å². The molecule has 2 aliphatic rings. The van der Waals surface area contributed by atoms with Crippen LogP contribution in [0.15, 0.2) is 75.8 Å². The third-order valence-electron chi connectivity index (χ3n) is 7.00. The number of allylic oxidation sites excluding steroid dienone is 9. The van der Waals surface area contributed by atoms with E-state index in [1.54, 1.807) is 6.92 Å². The summed E-state index contributed by atoms with van der Waals surface area (Å²) in [5.74, 6) is -0.417. The lowest BCUT2D eigenvalue weighted by Crippen LogP contribution is -2.36. The van der Waals surface area contributed by atoms with E-state index >= 15 is 0 Å². The number of nitrogens with one attached hydrogen (secondary N) is 1. The van der Waals surface area contributed by atoms with Crippen LogP contribution in [0.2, 0.25) is 0 Å². The number of rotatable bonds is 8. The number of nitrogens with zero attached hydrogens (tertiary/aromatic N) is 2. The lowest BCUT2D eigenvalue weighted by molar-refractivity contribution is -0.112. The minimum atomic E-state index is -1.40. The predicted molar refractivity (Wildman–Crippen MR) is 146 cm³/mol. The van der Waals surface area contributed by atoms with Gasteiger partial charge in [-0.2, -0.15) is 4.98 Å². The van der Waals surface area contributed by atoms with Crippen LogP contribution in [0.1, 0.15) is 60.1 Å². The maximum absolute atomic E-state index is 12.4. The highest BCUT2D eigenvalue weighted by Gasteiger charge is 2.43. The third kappa shape index (κ3) is 7.26. The maximum atomic E-state index is 12.4. The Hall–Kier alpha value is -3.11. The summed E-state index contributed by atoms with van der Waals surface area (Å²) in [5.41, 5.74) is 4.08. The lowest BCUT2D eigenvalue weighted by Gasteiger charge is -2.32. The number of aliphatic hydroxyl groups excluding tert-OH is 3. The first-order chi connectivity index (χ1) is 17.9. The minimum Gasteiger partial charge on any atom is -0.394 e. The zero-order chi connectivity index (χ0) is 28.0. The van der Waals surface area contributed by atoms with Gasteiger partial charge in [0.1, 0.15) is 24.1 Å². The molecule has 4 atom stereocenters. The minimum absolute atomic E-state index is 0.0344. The van der Waals surface area contributed by atoms with Crippen molar-refractivity contribution in [2.24, 2.45) is 5.41 Å². The predicted octanol–water partition coefficient (Wildman–Crippen LogP) is 3.32. The monoisotopic (exact) mass is 525 g/mol. The quantitative estimate of drug-likeness (QED) is 0.302. The maximum Gasteiger partial charge on any atom is 0.351 e. The van der Waals surface area contributed by atoms with Crippen LogP contribution >= 0.6 is 0 Å². The van der Waals surface area contributed by atoms with Crippen LogP contribution in [0, 0.1) is 5.41 Å². The van der Waals surface area contributed by atoms with Crippen molar-refractivity contribution in [2.75, 3.05) is 11.9 Å². The Morgan fingerprint density at radius 2 is 1.97 bits per heavy atom. The molecule has 9 heteroatoms. The molecule has 0 radical (unpaired) electrons. The fraction of sp³-hybridized carbons (Fsp3) is 0.483. The van der Waals surface area contributed by atoms with Gasteiger partial charge in [-0.3, -0.25) is 9.36 Å². The Kier molecular flexibility index (Phi) is 9.78.